The minimum absolute atomic E-state index is 0.0473. The van der Waals surface area contributed by atoms with Crippen molar-refractivity contribution in [1.82, 2.24) is 4.98 Å². The number of carbonyl (C=O) groups is 1. The number of pyridine rings is 1. The number of hydrogen-bond donors (Lipinski definition) is 0. The maximum atomic E-state index is 12.3. The molecule has 2 atom stereocenters. The first-order valence-electron chi connectivity index (χ1n) is 11.3. The summed E-state index contributed by atoms with van der Waals surface area (Å²) in [5.41, 5.74) is 8.80. The van der Waals surface area contributed by atoms with Crippen LogP contribution in [0.5, 0.6) is 0 Å². The minimum Gasteiger partial charge on any atom is -0.466 e. The zero-order valence-corrected chi connectivity index (χ0v) is 20.5. The molecule has 0 bridgehead atoms. The Kier molecular flexibility index (Phi) is 6.72. The average Bonchev–Trinajstić information content (AvgIpc) is 3.48. The summed E-state index contributed by atoms with van der Waals surface area (Å²) in [5, 5.41) is 1.10. The normalized spacial score (nSPS) is 18.6. The zero-order chi connectivity index (χ0) is 22.1. The van der Waals surface area contributed by atoms with E-state index in [9.17, 15) is 4.79 Å². The van der Waals surface area contributed by atoms with E-state index in [2.05, 4.69) is 76.2 Å². The van der Waals surface area contributed by atoms with Crippen molar-refractivity contribution in [3.05, 3.63) is 41.6 Å². The van der Waals surface area contributed by atoms with E-state index in [4.69, 9.17) is 4.74 Å². The van der Waals surface area contributed by atoms with E-state index in [0.717, 1.165) is 28.5 Å². The molecule has 0 amide bonds. The predicted octanol–water partition coefficient (Wildman–Crippen LogP) is 6.47. The molecular weight excluding hydrogens is 386 g/mol. The van der Waals surface area contributed by atoms with Gasteiger partial charge in [0.2, 0.25) is 0 Å². The molecule has 2 aromatic rings. The van der Waals surface area contributed by atoms with E-state index >= 15 is 0 Å². The van der Waals surface area contributed by atoms with E-state index in [1.54, 1.807) is 0 Å². The molecule has 1 aromatic heterocycles. The maximum absolute atomic E-state index is 12.3. The average molecular weight is 422 g/mol. The van der Waals surface area contributed by atoms with E-state index in [1.165, 1.54) is 0 Å². The molecule has 0 aliphatic heterocycles. The Labute approximate surface area is 182 Å². The molecule has 1 fully saturated rings. The van der Waals surface area contributed by atoms with Crippen LogP contribution >= 0.6 is 0 Å². The van der Waals surface area contributed by atoms with E-state index in [-0.39, 0.29) is 17.8 Å². The first-order valence-corrected chi connectivity index (χ1v) is 13.5. The second-order valence-corrected chi connectivity index (χ2v) is 15.1. The third-order valence-electron chi connectivity index (χ3n) is 6.83. The SMILES string of the molecule is CCOC(=O)C1CC1c1cc2ncccc2cc1C#C[Si](C(C)C)(C(C)C)C(C)C. The highest BCUT2D eigenvalue weighted by Gasteiger charge is 2.46. The van der Waals surface area contributed by atoms with Crippen molar-refractivity contribution < 1.29 is 9.53 Å². The van der Waals surface area contributed by atoms with E-state index in [1.807, 2.05) is 19.2 Å². The van der Waals surface area contributed by atoms with E-state index in [0.29, 0.717) is 23.2 Å². The summed E-state index contributed by atoms with van der Waals surface area (Å²) >= 11 is 0. The van der Waals surface area contributed by atoms with Gasteiger partial charge in [-0.1, -0.05) is 53.5 Å². The fourth-order valence-electron chi connectivity index (χ4n) is 5.21. The third-order valence-corrected chi connectivity index (χ3v) is 13.1. The summed E-state index contributed by atoms with van der Waals surface area (Å²) in [5.74, 6) is 3.69. The fraction of sp³-hybridized carbons (Fsp3) is 0.538. The number of carbonyl (C=O) groups excluding carboxylic acids is 1. The summed E-state index contributed by atoms with van der Waals surface area (Å²) in [4.78, 5) is 16.8. The Morgan fingerprint density at radius 2 is 1.83 bits per heavy atom. The van der Waals surface area contributed by atoms with Gasteiger partial charge >= 0.3 is 5.97 Å². The monoisotopic (exact) mass is 421 g/mol. The Bertz CT molecular complexity index is 962. The fourth-order valence-corrected chi connectivity index (χ4v) is 10.4. The Balaban J connectivity index is 2.10. The molecule has 0 spiro atoms. The van der Waals surface area contributed by atoms with Crippen LogP contribution in [-0.2, 0) is 9.53 Å². The van der Waals surface area contributed by atoms with Crippen molar-refractivity contribution in [3.63, 3.8) is 0 Å². The van der Waals surface area contributed by atoms with Gasteiger partial charge in [0.15, 0.2) is 0 Å². The van der Waals surface area contributed by atoms with Crippen LogP contribution in [0.1, 0.15) is 71.9 Å². The Hall–Kier alpha value is -2.12. The van der Waals surface area contributed by atoms with Crippen molar-refractivity contribution in [2.75, 3.05) is 6.61 Å². The molecule has 1 aliphatic carbocycles. The maximum Gasteiger partial charge on any atom is 0.309 e. The largest absolute Gasteiger partial charge is 0.466 e. The lowest BCUT2D eigenvalue weighted by Gasteiger charge is -2.38. The van der Waals surface area contributed by atoms with Crippen molar-refractivity contribution in [2.24, 2.45) is 5.92 Å². The van der Waals surface area contributed by atoms with Crippen LogP contribution in [0.25, 0.3) is 10.9 Å². The number of hydrogen-bond acceptors (Lipinski definition) is 3. The molecule has 3 rings (SSSR count). The lowest BCUT2D eigenvalue weighted by molar-refractivity contribution is -0.144. The van der Waals surface area contributed by atoms with Crippen LogP contribution in [0.4, 0.5) is 0 Å². The minimum atomic E-state index is -1.84. The van der Waals surface area contributed by atoms with Gasteiger partial charge in [0.05, 0.1) is 18.0 Å². The second-order valence-electron chi connectivity index (χ2n) is 9.48. The topological polar surface area (TPSA) is 39.2 Å². The summed E-state index contributed by atoms with van der Waals surface area (Å²) in [6, 6.07) is 8.37. The van der Waals surface area contributed by atoms with Gasteiger partial charge in [0.1, 0.15) is 8.07 Å². The third kappa shape index (κ3) is 4.18. The molecule has 2 unspecified atom stereocenters. The Morgan fingerprint density at radius 3 is 2.43 bits per heavy atom. The number of ether oxygens (including phenoxy) is 1. The van der Waals surface area contributed by atoms with Crippen molar-refractivity contribution in [1.29, 1.82) is 0 Å². The summed E-state index contributed by atoms with van der Waals surface area (Å²) in [7, 11) is -1.84. The smallest absolute Gasteiger partial charge is 0.309 e. The van der Waals surface area contributed by atoms with Crippen molar-refractivity contribution in [3.8, 4) is 11.5 Å². The standard InChI is InChI=1S/C26H35NO2Si/c1-8-29-26(28)24-15-23(24)22-16-25-21(10-9-12-27-25)14-20(22)11-13-30(17(2)3,18(4)5)19(6)7/h9-10,12,14,16-19,23-24H,8,15H2,1-7H3. The summed E-state index contributed by atoms with van der Waals surface area (Å²) < 4.78 is 5.27. The Morgan fingerprint density at radius 1 is 1.17 bits per heavy atom. The van der Waals surface area contributed by atoms with Gasteiger partial charge in [-0.3, -0.25) is 9.78 Å². The number of rotatable bonds is 6. The molecular formula is C26H35NO2Si. The van der Waals surface area contributed by atoms with Gasteiger partial charge in [-0.25, -0.2) is 0 Å². The summed E-state index contributed by atoms with van der Waals surface area (Å²) in [6.45, 7) is 16.3. The van der Waals surface area contributed by atoms with Gasteiger partial charge in [-0.15, -0.1) is 5.54 Å². The molecule has 1 saturated carbocycles. The molecule has 4 heteroatoms. The van der Waals surface area contributed by atoms with Gasteiger partial charge in [-0.2, -0.15) is 0 Å². The molecule has 0 radical (unpaired) electrons. The lowest BCUT2D eigenvalue weighted by Crippen LogP contribution is -2.43. The van der Waals surface area contributed by atoms with Crippen molar-refractivity contribution in [2.45, 2.75) is 77.4 Å². The van der Waals surface area contributed by atoms with Crippen LogP contribution in [0, 0.1) is 17.4 Å². The van der Waals surface area contributed by atoms with Crippen LogP contribution in [0.15, 0.2) is 30.5 Å². The molecule has 0 saturated heterocycles. The number of nitrogens with zero attached hydrogens (tertiary/aromatic N) is 1. The van der Waals surface area contributed by atoms with Crippen LogP contribution in [-0.4, -0.2) is 25.6 Å². The van der Waals surface area contributed by atoms with E-state index < -0.39 is 8.07 Å². The van der Waals surface area contributed by atoms with Crippen LogP contribution < -0.4 is 0 Å². The van der Waals surface area contributed by atoms with Crippen molar-refractivity contribution >= 4 is 24.9 Å². The molecule has 160 valence electrons. The lowest BCUT2D eigenvalue weighted by atomic mass is 9.99. The van der Waals surface area contributed by atoms with Gasteiger partial charge in [-0.05, 0) is 59.6 Å². The van der Waals surface area contributed by atoms with Gasteiger partial charge < -0.3 is 4.74 Å². The molecule has 1 aliphatic rings. The quantitative estimate of drug-likeness (QED) is 0.305. The molecule has 3 nitrogen and oxygen atoms in total. The highest BCUT2D eigenvalue weighted by molar-refractivity contribution is 6.90. The number of benzene rings is 1. The highest BCUT2D eigenvalue weighted by Crippen LogP contribution is 2.50. The summed E-state index contributed by atoms with van der Waals surface area (Å²) in [6.07, 6.45) is 2.66. The van der Waals surface area contributed by atoms with Crippen LogP contribution in [0.2, 0.25) is 16.6 Å². The molecule has 1 aromatic carbocycles. The zero-order valence-electron chi connectivity index (χ0n) is 19.5. The number of aromatic nitrogens is 1. The number of fused-ring (bicyclic) bond motifs is 1. The van der Waals surface area contributed by atoms with Gasteiger partial charge in [0.25, 0.3) is 0 Å². The molecule has 30 heavy (non-hydrogen) atoms. The van der Waals surface area contributed by atoms with Crippen LogP contribution in [0.3, 0.4) is 0 Å². The predicted molar refractivity (Wildman–Crippen MR) is 127 cm³/mol. The highest BCUT2D eigenvalue weighted by atomic mass is 28.3. The molecule has 0 N–H and O–H groups in total. The van der Waals surface area contributed by atoms with Gasteiger partial charge in [0, 0.05) is 17.1 Å². The first-order chi connectivity index (χ1) is 14.2. The number of esters is 1. The molecule has 1 heterocycles. The first kappa shape index (κ1) is 22.6. The second kappa shape index (κ2) is 8.94.